The molecule has 1 rings (SSSR count). The Kier molecular flexibility index (Phi) is 4.90. The molecule has 0 bridgehead atoms. The molecule has 5 heteroatoms. The third kappa shape index (κ3) is 4.82. The van der Waals surface area contributed by atoms with Crippen LogP contribution in [0, 0.1) is 5.82 Å². The van der Waals surface area contributed by atoms with Gasteiger partial charge in [-0.3, -0.25) is 4.79 Å². The van der Waals surface area contributed by atoms with Crippen LogP contribution in [0.15, 0.2) is 18.2 Å². The number of halogens is 1. The van der Waals surface area contributed by atoms with E-state index in [1.54, 1.807) is 7.05 Å². The van der Waals surface area contributed by atoms with Gasteiger partial charge >= 0.3 is 5.97 Å². The van der Waals surface area contributed by atoms with Gasteiger partial charge in [0, 0.05) is 18.5 Å². The number of carboxylic acid groups (broad SMARTS) is 1. The molecular weight excluding hydrogens is 225 g/mol. The van der Waals surface area contributed by atoms with Crippen molar-refractivity contribution in [3.8, 4) is 5.75 Å². The lowest BCUT2D eigenvalue weighted by molar-refractivity contribution is -0.137. The molecule has 0 fully saturated rings. The number of benzene rings is 1. The van der Waals surface area contributed by atoms with Crippen LogP contribution in [-0.4, -0.2) is 34.7 Å². The van der Waals surface area contributed by atoms with Gasteiger partial charge in [0.15, 0.2) is 0 Å². The second kappa shape index (κ2) is 6.20. The van der Waals surface area contributed by atoms with Gasteiger partial charge in [0.05, 0.1) is 0 Å². The predicted molar refractivity (Wildman–Crippen MR) is 61.3 cm³/mol. The van der Waals surface area contributed by atoms with E-state index in [-0.39, 0.29) is 12.2 Å². The third-order valence-corrected chi connectivity index (χ3v) is 2.41. The first kappa shape index (κ1) is 13.4. The van der Waals surface area contributed by atoms with E-state index in [1.165, 1.54) is 18.2 Å². The summed E-state index contributed by atoms with van der Waals surface area (Å²) in [6, 6.07) is 3.79. The van der Waals surface area contributed by atoms with Crippen molar-refractivity contribution < 1.29 is 19.4 Å². The van der Waals surface area contributed by atoms with E-state index in [1.807, 2.05) is 4.90 Å². The molecule has 0 saturated carbocycles. The van der Waals surface area contributed by atoms with Gasteiger partial charge < -0.3 is 15.1 Å². The Bertz CT molecular complexity index is 395. The first-order chi connectivity index (χ1) is 7.99. The zero-order valence-corrected chi connectivity index (χ0v) is 9.69. The first-order valence-corrected chi connectivity index (χ1v) is 5.37. The van der Waals surface area contributed by atoms with E-state index in [2.05, 4.69) is 0 Å². The van der Waals surface area contributed by atoms with Crippen LogP contribution >= 0.6 is 0 Å². The molecule has 0 saturated heterocycles. The van der Waals surface area contributed by atoms with Gasteiger partial charge in [0.1, 0.15) is 11.6 Å². The van der Waals surface area contributed by atoms with Crippen LogP contribution in [-0.2, 0) is 11.3 Å². The first-order valence-electron chi connectivity index (χ1n) is 5.37. The van der Waals surface area contributed by atoms with Gasteiger partial charge in [0.25, 0.3) is 0 Å². The molecule has 0 atom stereocenters. The van der Waals surface area contributed by atoms with E-state index in [4.69, 9.17) is 5.11 Å². The minimum Gasteiger partial charge on any atom is -0.508 e. The highest BCUT2D eigenvalue weighted by Gasteiger charge is 2.07. The van der Waals surface area contributed by atoms with Crippen molar-refractivity contribution in [3.05, 3.63) is 29.6 Å². The average Bonchev–Trinajstić information content (AvgIpc) is 2.23. The van der Waals surface area contributed by atoms with Crippen LogP contribution in [0.5, 0.6) is 5.75 Å². The smallest absolute Gasteiger partial charge is 0.303 e. The van der Waals surface area contributed by atoms with Gasteiger partial charge in [-0.15, -0.1) is 0 Å². The van der Waals surface area contributed by atoms with Crippen LogP contribution in [0.25, 0.3) is 0 Å². The number of phenolic OH excluding ortho intramolecular Hbond substituents is 1. The molecular formula is C12H16FNO3. The van der Waals surface area contributed by atoms with Crippen molar-refractivity contribution in [3.63, 3.8) is 0 Å². The molecule has 0 amide bonds. The summed E-state index contributed by atoms with van der Waals surface area (Å²) in [5.41, 5.74) is 0.503. The van der Waals surface area contributed by atoms with Crippen LogP contribution in [0.2, 0.25) is 0 Å². The zero-order chi connectivity index (χ0) is 12.8. The number of phenols is 1. The Morgan fingerprint density at radius 3 is 2.82 bits per heavy atom. The Hall–Kier alpha value is -1.62. The predicted octanol–water partition coefficient (Wildman–Crippen LogP) is 1.83. The van der Waals surface area contributed by atoms with Gasteiger partial charge in [0.2, 0.25) is 0 Å². The number of hydrogen-bond acceptors (Lipinski definition) is 3. The highest BCUT2D eigenvalue weighted by molar-refractivity contribution is 5.66. The highest BCUT2D eigenvalue weighted by Crippen LogP contribution is 2.19. The maximum atomic E-state index is 12.9. The van der Waals surface area contributed by atoms with E-state index < -0.39 is 11.8 Å². The molecule has 1 aromatic rings. The molecule has 0 aliphatic carbocycles. The topological polar surface area (TPSA) is 60.8 Å². The number of hydrogen-bond donors (Lipinski definition) is 2. The number of carbonyl (C=O) groups is 1. The SMILES string of the molecule is CN(CCCC(=O)O)Cc1cc(F)ccc1O. The molecule has 94 valence electrons. The summed E-state index contributed by atoms with van der Waals surface area (Å²) in [5, 5.41) is 18.0. The molecule has 0 aliphatic rings. The van der Waals surface area contributed by atoms with Crippen LogP contribution in [0.1, 0.15) is 18.4 Å². The number of aromatic hydroxyl groups is 1. The van der Waals surface area contributed by atoms with Crippen LogP contribution in [0.4, 0.5) is 4.39 Å². The quantitative estimate of drug-likeness (QED) is 0.797. The van der Waals surface area contributed by atoms with Gasteiger partial charge in [-0.2, -0.15) is 0 Å². The summed E-state index contributed by atoms with van der Waals surface area (Å²) in [4.78, 5) is 12.2. The molecule has 0 aromatic heterocycles. The molecule has 0 aliphatic heterocycles. The van der Waals surface area contributed by atoms with Crippen molar-refractivity contribution in [2.75, 3.05) is 13.6 Å². The van der Waals surface area contributed by atoms with Crippen molar-refractivity contribution >= 4 is 5.97 Å². The zero-order valence-electron chi connectivity index (χ0n) is 9.69. The van der Waals surface area contributed by atoms with Gasteiger partial charge in [-0.05, 0) is 38.2 Å². The molecule has 2 N–H and O–H groups in total. The lowest BCUT2D eigenvalue weighted by Crippen LogP contribution is -2.20. The Morgan fingerprint density at radius 2 is 2.18 bits per heavy atom. The second-order valence-corrected chi connectivity index (χ2v) is 4.01. The van der Waals surface area contributed by atoms with E-state index in [0.717, 1.165) is 0 Å². The lowest BCUT2D eigenvalue weighted by Gasteiger charge is -2.16. The molecule has 17 heavy (non-hydrogen) atoms. The summed E-state index contributed by atoms with van der Waals surface area (Å²) < 4.78 is 12.9. The van der Waals surface area contributed by atoms with E-state index in [9.17, 15) is 14.3 Å². The molecule has 0 heterocycles. The molecule has 0 spiro atoms. The molecule has 0 radical (unpaired) electrons. The fourth-order valence-corrected chi connectivity index (χ4v) is 1.55. The standard InChI is InChI=1S/C12H16FNO3/c1-14(6-2-3-12(16)17)8-9-7-10(13)4-5-11(9)15/h4-5,7,15H,2-3,6,8H2,1H3,(H,16,17). The molecule has 0 unspecified atom stereocenters. The largest absolute Gasteiger partial charge is 0.508 e. The maximum absolute atomic E-state index is 12.9. The highest BCUT2D eigenvalue weighted by atomic mass is 19.1. The minimum atomic E-state index is -0.827. The number of aliphatic carboxylic acids is 1. The number of nitrogens with zero attached hydrogens (tertiary/aromatic N) is 1. The number of carboxylic acids is 1. The summed E-state index contributed by atoms with van der Waals surface area (Å²) in [7, 11) is 1.80. The molecule has 1 aromatic carbocycles. The summed E-state index contributed by atoms with van der Waals surface area (Å²) in [5.74, 6) is -1.17. The Labute approximate surface area is 99.3 Å². The maximum Gasteiger partial charge on any atom is 0.303 e. The third-order valence-electron chi connectivity index (χ3n) is 2.41. The van der Waals surface area contributed by atoms with E-state index >= 15 is 0 Å². The monoisotopic (exact) mass is 241 g/mol. The van der Waals surface area contributed by atoms with Crippen molar-refractivity contribution in [2.45, 2.75) is 19.4 Å². The number of rotatable bonds is 6. The van der Waals surface area contributed by atoms with Crippen LogP contribution in [0.3, 0.4) is 0 Å². The second-order valence-electron chi connectivity index (χ2n) is 4.01. The summed E-state index contributed by atoms with van der Waals surface area (Å²) in [6.45, 7) is 0.978. The fourth-order valence-electron chi connectivity index (χ4n) is 1.55. The average molecular weight is 241 g/mol. The Balaban J connectivity index is 2.47. The minimum absolute atomic E-state index is 0.0523. The summed E-state index contributed by atoms with van der Waals surface area (Å²) in [6.07, 6.45) is 0.640. The van der Waals surface area contributed by atoms with Gasteiger partial charge in [-0.1, -0.05) is 0 Å². The Morgan fingerprint density at radius 1 is 1.47 bits per heavy atom. The van der Waals surface area contributed by atoms with Crippen molar-refractivity contribution in [1.82, 2.24) is 4.90 Å². The van der Waals surface area contributed by atoms with Crippen molar-refractivity contribution in [2.24, 2.45) is 0 Å². The van der Waals surface area contributed by atoms with Gasteiger partial charge in [-0.25, -0.2) is 4.39 Å². The summed E-state index contributed by atoms with van der Waals surface area (Å²) >= 11 is 0. The molecule has 4 nitrogen and oxygen atoms in total. The normalized spacial score (nSPS) is 10.8. The fraction of sp³-hybridized carbons (Fsp3) is 0.417. The lowest BCUT2D eigenvalue weighted by atomic mass is 10.2. The van der Waals surface area contributed by atoms with Crippen molar-refractivity contribution in [1.29, 1.82) is 0 Å². The van der Waals surface area contributed by atoms with Crippen LogP contribution < -0.4 is 0 Å². The van der Waals surface area contributed by atoms with E-state index in [0.29, 0.717) is 25.1 Å².